The molecule has 3 amide bonds. The molecular formula is C19H24N4O3. The van der Waals surface area contributed by atoms with Gasteiger partial charge in [-0.15, -0.1) is 0 Å². The number of pyridine rings is 1. The highest BCUT2D eigenvalue weighted by Crippen LogP contribution is 2.16. The van der Waals surface area contributed by atoms with Gasteiger partial charge in [-0.2, -0.15) is 0 Å². The summed E-state index contributed by atoms with van der Waals surface area (Å²) in [6.45, 7) is 6.16. The van der Waals surface area contributed by atoms with E-state index in [0.717, 1.165) is 5.56 Å². The number of anilines is 2. The molecule has 7 heteroatoms. The summed E-state index contributed by atoms with van der Waals surface area (Å²) < 4.78 is 5.08. The molecule has 0 bridgehead atoms. The minimum atomic E-state index is -0.522. The molecule has 1 aromatic carbocycles. The number of nitrogens with one attached hydrogen (secondary N) is 3. The number of nitrogens with zero attached hydrogens (tertiary/aromatic N) is 1. The SMILES string of the molecule is CC(C)COC(=O)Nc1cccc(NC(=O)NC(C)c2ccncc2)c1. The van der Waals surface area contributed by atoms with Crippen molar-refractivity contribution in [2.45, 2.75) is 26.8 Å². The molecule has 1 atom stereocenters. The zero-order valence-corrected chi connectivity index (χ0v) is 15.2. The fourth-order valence-corrected chi connectivity index (χ4v) is 2.17. The molecule has 1 unspecified atom stereocenters. The molecule has 0 aliphatic heterocycles. The van der Waals surface area contributed by atoms with Gasteiger partial charge in [0.2, 0.25) is 0 Å². The quantitative estimate of drug-likeness (QED) is 0.724. The topological polar surface area (TPSA) is 92.4 Å². The zero-order chi connectivity index (χ0) is 18.9. The smallest absolute Gasteiger partial charge is 0.411 e. The van der Waals surface area contributed by atoms with Crippen LogP contribution in [0.2, 0.25) is 0 Å². The molecule has 3 N–H and O–H groups in total. The third kappa shape index (κ3) is 6.43. The molecule has 0 radical (unpaired) electrons. The fourth-order valence-electron chi connectivity index (χ4n) is 2.17. The maximum absolute atomic E-state index is 12.2. The molecule has 26 heavy (non-hydrogen) atoms. The van der Waals surface area contributed by atoms with Crippen molar-refractivity contribution in [2.75, 3.05) is 17.2 Å². The lowest BCUT2D eigenvalue weighted by Gasteiger charge is -2.15. The van der Waals surface area contributed by atoms with Gasteiger partial charge in [-0.3, -0.25) is 10.3 Å². The van der Waals surface area contributed by atoms with Gasteiger partial charge < -0.3 is 15.4 Å². The van der Waals surface area contributed by atoms with Gasteiger partial charge in [-0.05, 0) is 48.7 Å². The Kier molecular flexibility index (Phi) is 6.96. The van der Waals surface area contributed by atoms with Crippen molar-refractivity contribution in [2.24, 2.45) is 5.92 Å². The second kappa shape index (κ2) is 9.41. The first-order valence-corrected chi connectivity index (χ1v) is 8.45. The average molecular weight is 356 g/mol. The molecule has 7 nitrogen and oxygen atoms in total. The fraction of sp³-hybridized carbons (Fsp3) is 0.316. The number of aromatic nitrogens is 1. The summed E-state index contributed by atoms with van der Waals surface area (Å²) in [4.78, 5) is 27.8. The minimum absolute atomic E-state index is 0.162. The number of amides is 3. The Morgan fingerprint density at radius 2 is 1.69 bits per heavy atom. The Balaban J connectivity index is 1.89. The van der Waals surface area contributed by atoms with Crippen molar-refractivity contribution < 1.29 is 14.3 Å². The van der Waals surface area contributed by atoms with E-state index < -0.39 is 6.09 Å². The molecule has 2 aromatic rings. The van der Waals surface area contributed by atoms with Crippen LogP contribution in [0.25, 0.3) is 0 Å². The molecule has 0 saturated carbocycles. The van der Waals surface area contributed by atoms with Crippen molar-refractivity contribution in [1.82, 2.24) is 10.3 Å². The third-order valence-electron chi connectivity index (χ3n) is 3.47. The number of benzene rings is 1. The van der Waals surface area contributed by atoms with Gasteiger partial charge in [-0.1, -0.05) is 19.9 Å². The number of carbonyl (C=O) groups is 2. The van der Waals surface area contributed by atoms with Gasteiger partial charge in [0, 0.05) is 23.8 Å². The molecule has 138 valence electrons. The van der Waals surface area contributed by atoms with Gasteiger partial charge in [0.1, 0.15) is 0 Å². The molecule has 1 heterocycles. The van der Waals surface area contributed by atoms with Gasteiger partial charge in [0.15, 0.2) is 0 Å². The predicted octanol–water partition coefficient (Wildman–Crippen LogP) is 4.17. The molecule has 0 fully saturated rings. The van der Waals surface area contributed by atoms with Crippen LogP contribution in [0, 0.1) is 5.92 Å². The second-order valence-electron chi connectivity index (χ2n) is 6.30. The van der Waals surface area contributed by atoms with E-state index in [0.29, 0.717) is 18.0 Å². The largest absolute Gasteiger partial charge is 0.449 e. The summed E-state index contributed by atoms with van der Waals surface area (Å²) in [5.41, 5.74) is 2.06. The van der Waals surface area contributed by atoms with Gasteiger partial charge >= 0.3 is 12.1 Å². The summed E-state index contributed by atoms with van der Waals surface area (Å²) in [6, 6.07) is 10.0. The molecule has 2 rings (SSSR count). The highest BCUT2D eigenvalue weighted by molar-refractivity contribution is 5.91. The van der Waals surface area contributed by atoms with E-state index in [4.69, 9.17) is 4.74 Å². The number of hydrogen-bond donors (Lipinski definition) is 3. The molecule has 0 aliphatic rings. The summed E-state index contributed by atoms with van der Waals surface area (Å²) in [5, 5.41) is 8.23. The van der Waals surface area contributed by atoms with E-state index in [2.05, 4.69) is 20.9 Å². The van der Waals surface area contributed by atoms with E-state index in [1.165, 1.54) is 0 Å². The monoisotopic (exact) mass is 356 g/mol. The van der Waals surface area contributed by atoms with Crippen LogP contribution < -0.4 is 16.0 Å². The van der Waals surface area contributed by atoms with E-state index in [1.54, 1.807) is 36.7 Å². The van der Waals surface area contributed by atoms with Crippen LogP contribution in [0.4, 0.5) is 21.0 Å². The molecule has 1 aromatic heterocycles. The van der Waals surface area contributed by atoms with Crippen LogP contribution >= 0.6 is 0 Å². The van der Waals surface area contributed by atoms with Gasteiger partial charge in [0.25, 0.3) is 0 Å². The Labute approximate surface area is 153 Å². The zero-order valence-electron chi connectivity index (χ0n) is 15.2. The standard InChI is InChI=1S/C19H24N4O3/c1-13(2)12-26-19(25)23-17-6-4-5-16(11-17)22-18(24)21-14(3)15-7-9-20-10-8-15/h4-11,13-14H,12H2,1-3H3,(H,23,25)(H2,21,22,24). The highest BCUT2D eigenvalue weighted by atomic mass is 16.5. The lowest BCUT2D eigenvalue weighted by atomic mass is 10.1. The summed E-state index contributed by atoms with van der Waals surface area (Å²) in [7, 11) is 0. The molecule has 0 spiro atoms. The molecule has 0 saturated heterocycles. The first-order valence-electron chi connectivity index (χ1n) is 8.45. The first kappa shape index (κ1) is 19.2. The van der Waals surface area contributed by atoms with Crippen LogP contribution in [0.5, 0.6) is 0 Å². The number of urea groups is 1. The third-order valence-corrected chi connectivity index (χ3v) is 3.47. The lowest BCUT2D eigenvalue weighted by molar-refractivity contribution is 0.147. The van der Waals surface area contributed by atoms with Crippen molar-refractivity contribution in [3.05, 3.63) is 54.4 Å². The van der Waals surface area contributed by atoms with Crippen LogP contribution in [-0.2, 0) is 4.74 Å². The summed E-state index contributed by atoms with van der Waals surface area (Å²) in [5.74, 6) is 0.264. The normalized spacial score (nSPS) is 11.5. The average Bonchev–Trinajstić information content (AvgIpc) is 2.61. The minimum Gasteiger partial charge on any atom is -0.449 e. The Morgan fingerprint density at radius 3 is 2.35 bits per heavy atom. The number of hydrogen-bond acceptors (Lipinski definition) is 4. The summed E-state index contributed by atoms with van der Waals surface area (Å²) in [6.07, 6.45) is 2.84. The van der Waals surface area contributed by atoms with E-state index in [9.17, 15) is 9.59 Å². The summed E-state index contributed by atoms with van der Waals surface area (Å²) >= 11 is 0. The van der Waals surface area contributed by atoms with Crippen molar-refractivity contribution >= 4 is 23.5 Å². The van der Waals surface area contributed by atoms with E-state index >= 15 is 0 Å². The van der Waals surface area contributed by atoms with Crippen molar-refractivity contribution in [3.63, 3.8) is 0 Å². The highest BCUT2D eigenvalue weighted by Gasteiger charge is 2.10. The maximum atomic E-state index is 12.2. The van der Waals surface area contributed by atoms with E-state index in [1.807, 2.05) is 32.9 Å². The van der Waals surface area contributed by atoms with Crippen LogP contribution in [-0.4, -0.2) is 23.7 Å². The maximum Gasteiger partial charge on any atom is 0.411 e. The predicted molar refractivity (Wildman–Crippen MR) is 101 cm³/mol. The van der Waals surface area contributed by atoms with Crippen LogP contribution in [0.3, 0.4) is 0 Å². The Morgan fingerprint density at radius 1 is 1.04 bits per heavy atom. The van der Waals surface area contributed by atoms with Gasteiger partial charge in [-0.25, -0.2) is 9.59 Å². The lowest BCUT2D eigenvalue weighted by Crippen LogP contribution is -2.31. The Hall–Kier alpha value is -3.09. The van der Waals surface area contributed by atoms with Gasteiger partial charge in [0.05, 0.1) is 12.6 Å². The van der Waals surface area contributed by atoms with Crippen molar-refractivity contribution in [1.29, 1.82) is 0 Å². The van der Waals surface area contributed by atoms with E-state index in [-0.39, 0.29) is 18.0 Å². The van der Waals surface area contributed by atoms with Crippen LogP contribution in [0.15, 0.2) is 48.8 Å². The molecule has 0 aliphatic carbocycles. The van der Waals surface area contributed by atoms with Crippen LogP contribution in [0.1, 0.15) is 32.4 Å². The number of ether oxygens (including phenoxy) is 1. The Bertz CT molecular complexity index is 735. The number of carbonyl (C=O) groups excluding carboxylic acids is 2. The van der Waals surface area contributed by atoms with Crippen molar-refractivity contribution in [3.8, 4) is 0 Å². The second-order valence-corrected chi connectivity index (χ2v) is 6.30. The molecular weight excluding hydrogens is 332 g/mol. The first-order chi connectivity index (χ1) is 12.4. The number of rotatable bonds is 6.